The molecule has 1 rings (SSSR count). The molecule has 0 amide bonds. The van der Waals surface area contributed by atoms with Crippen molar-refractivity contribution < 1.29 is 18.7 Å². The van der Waals surface area contributed by atoms with Gasteiger partial charge in [-0.3, -0.25) is 4.79 Å². The Morgan fingerprint density at radius 1 is 1.00 bits per heavy atom. The maximum Gasteiger partial charge on any atom is 0.302 e. The molecule has 1 aromatic rings. The van der Waals surface area contributed by atoms with E-state index in [0.717, 1.165) is 30.2 Å². The van der Waals surface area contributed by atoms with Crippen molar-refractivity contribution in [1.29, 1.82) is 0 Å². The molecule has 23 heavy (non-hydrogen) atoms. The predicted molar refractivity (Wildman–Crippen MR) is 93.2 cm³/mol. The van der Waals surface area contributed by atoms with E-state index in [1.165, 1.54) is 38.7 Å². The Balaban J connectivity index is 1.89. The van der Waals surface area contributed by atoms with Gasteiger partial charge in [0.15, 0.2) is 11.6 Å². The molecule has 0 radical (unpaired) electrons. The molecule has 0 aliphatic heterocycles. The van der Waals surface area contributed by atoms with Crippen LogP contribution in [0.3, 0.4) is 0 Å². The maximum absolute atomic E-state index is 13.5. The van der Waals surface area contributed by atoms with Gasteiger partial charge in [0.1, 0.15) is 0 Å². The highest BCUT2D eigenvalue weighted by Gasteiger charge is 2.03. The third-order valence-electron chi connectivity index (χ3n) is 3.50. The number of carbonyl (C=O) groups excluding carboxylic acids is 1. The Labute approximate surface area is 146 Å². The number of hydrogen-bond donors (Lipinski definition) is 0. The average Bonchev–Trinajstić information content (AvgIpc) is 2.50. The number of hydrogen-bond acceptors (Lipinski definition) is 3. The second kappa shape index (κ2) is 12.3. The molecular formula is C18H26BrFO3. The van der Waals surface area contributed by atoms with Crippen LogP contribution in [0.1, 0.15) is 58.3 Å². The third-order valence-corrected chi connectivity index (χ3v) is 3.99. The SMILES string of the molecule is CC(=O)OCCCCCCCCCCOc1ccc(Br)cc1F. The number of esters is 1. The van der Waals surface area contributed by atoms with Gasteiger partial charge in [0, 0.05) is 11.4 Å². The number of carbonyl (C=O) groups is 1. The molecule has 0 spiro atoms. The molecule has 1 aromatic carbocycles. The van der Waals surface area contributed by atoms with Gasteiger partial charge < -0.3 is 9.47 Å². The first kappa shape index (κ1) is 19.9. The zero-order valence-corrected chi connectivity index (χ0v) is 15.4. The van der Waals surface area contributed by atoms with E-state index in [0.29, 0.717) is 19.0 Å². The summed E-state index contributed by atoms with van der Waals surface area (Å²) in [7, 11) is 0. The molecule has 0 heterocycles. The highest BCUT2D eigenvalue weighted by molar-refractivity contribution is 9.10. The Morgan fingerprint density at radius 3 is 2.13 bits per heavy atom. The second-order valence-corrected chi connectivity index (χ2v) is 6.51. The minimum absolute atomic E-state index is 0.199. The van der Waals surface area contributed by atoms with E-state index in [4.69, 9.17) is 9.47 Å². The van der Waals surface area contributed by atoms with Gasteiger partial charge in [-0.05, 0) is 31.0 Å². The number of unbranched alkanes of at least 4 members (excludes halogenated alkanes) is 7. The lowest BCUT2D eigenvalue weighted by molar-refractivity contribution is -0.141. The van der Waals surface area contributed by atoms with Crippen molar-refractivity contribution in [3.8, 4) is 5.75 Å². The standard InChI is InChI=1S/C18H26BrFO3/c1-15(21)22-12-8-6-4-2-3-5-7-9-13-23-18-11-10-16(19)14-17(18)20/h10-11,14H,2-9,12-13H2,1H3. The summed E-state index contributed by atoms with van der Waals surface area (Å²) in [6, 6.07) is 4.84. The molecule has 0 N–H and O–H groups in total. The van der Waals surface area contributed by atoms with Crippen LogP contribution in [0.5, 0.6) is 5.75 Å². The summed E-state index contributed by atoms with van der Waals surface area (Å²) in [6.07, 6.45) is 8.89. The van der Waals surface area contributed by atoms with E-state index >= 15 is 0 Å². The van der Waals surface area contributed by atoms with Gasteiger partial charge in [-0.25, -0.2) is 4.39 Å². The number of benzene rings is 1. The lowest BCUT2D eigenvalue weighted by atomic mass is 10.1. The van der Waals surface area contributed by atoms with Crippen molar-refractivity contribution in [2.45, 2.75) is 58.3 Å². The summed E-state index contributed by atoms with van der Waals surface area (Å²) in [4.78, 5) is 10.6. The maximum atomic E-state index is 13.5. The van der Waals surface area contributed by atoms with Crippen LogP contribution in [0, 0.1) is 5.82 Å². The molecule has 0 atom stereocenters. The first-order chi connectivity index (χ1) is 11.1. The lowest BCUT2D eigenvalue weighted by Gasteiger charge is -2.07. The molecule has 0 saturated carbocycles. The molecule has 130 valence electrons. The van der Waals surface area contributed by atoms with E-state index in [9.17, 15) is 9.18 Å². The summed E-state index contributed by atoms with van der Waals surface area (Å²) >= 11 is 3.22. The fourth-order valence-corrected chi connectivity index (χ4v) is 2.59. The summed E-state index contributed by atoms with van der Waals surface area (Å²) in [5.74, 6) is -0.204. The third kappa shape index (κ3) is 10.3. The zero-order chi connectivity index (χ0) is 16.9. The fourth-order valence-electron chi connectivity index (χ4n) is 2.26. The van der Waals surface area contributed by atoms with Crippen LogP contribution in [0.15, 0.2) is 22.7 Å². The lowest BCUT2D eigenvalue weighted by Crippen LogP contribution is -2.00. The monoisotopic (exact) mass is 388 g/mol. The molecule has 3 nitrogen and oxygen atoms in total. The van der Waals surface area contributed by atoms with E-state index in [1.54, 1.807) is 12.1 Å². The van der Waals surface area contributed by atoms with Crippen LogP contribution < -0.4 is 4.74 Å². The van der Waals surface area contributed by atoms with Crippen molar-refractivity contribution in [2.24, 2.45) is 0 Å². The quantitative estimate of drug-likeness (QED) is 0.342. The molecule has 0 fully saturated rings. The zero-order valence-electron chi connectivity index (χ0n) is 13.8. The Bertz CT molecular complexity index is 466. The van der Waals surface area contributed by atoms with E-state index < -0.39 is 0 Å². The summed E-state index contributed by atoms with van der Waals surface area (Å²) in [5, 5.41) is 0. The van der Waals surface area contributed by atoms with Gasteiger partial charge in [-0.15, -0.1) is 0 Å². The van der Waals surface area contributed by atoms with Crippen LogP contribution in [-0.2, 0) is 9.53 Å². The first-order valence-electron chi connectivity index (χ1n) is 8.31. The first-order valence-corrected chi connectivity index (χ1v) is 9.10. The van der Waals surface area contributed by atoms with Gasteiger partial charge in [0.05, 0.1) is 13.2 Å². The summed E-state index contributed by atoms with van der Waals surface area (Å²) < 4.78 is 24.6. The van der Waals surface area contributed by atoms with Gasteiger partial charge in [-0.2, -0.15) is 0 Å². The molecule has 0 bridgehead atoms. The van der Waals surface area contributed by atoms with Crippen molar-refractivity contribution in [2.75, 3.05) is 13.2 Å². The van der Waals surface area contributed by atoms with Crippen LogP contribution >= 0.6 is 15.9 Å². The van der Waals surface area contributed by atoms with Crippen molar-refractivity contribution in [3.05, 3.63) is 28.5 Å². The highest BCUT2D eigenvalue weighted by Crippen LogP contribution is 2.21. The van der Waals surface area contributed by atoms with Crippen molar-refractivity contribution >= 4 is 21.9 Å². The van der Waals surface area contributed by atoms with E-state index in [-0.39, 0.29) is 11.8 Å². The predicted octanol–water partition coefficient (Wildman–Crippen LogP) is 5.65. The minimum Gasteiger partial charge on any atom is -0.491 e. The topological polar surface area (TPSA) is 35.5 Å². The smallest absolute Gasteiger partial charge is 0.302 e. The van der Waals surface area contributed by atoms with Gasteiger partial charge in [0.2, 0.25) is 0 Å². The number of rotatable bonds is 12. The van der Waals surface area contributed by atoms with Gasteiger partial charge in [-0.1, -0.05) is 54.5 Å². The largest absolute Gasteiger partial charge is 0.491 e. The Hall–Kier alpha value is -1.10. The summed E-state index contributed by atoms with van der Waals surface area (Å²) in [6.45, 7) is 2.54. The second-order valence-electron chi connectivity index (χ2n) is 5.59. The molecule has 0 saturated heterocycles. The number of ether oxygens (including phenoxy) is 2. The molecule has 0 unspecified atom stereocenters. The summed E-state index contributed by atoms with van der Waals surface area (Å²) in [5.41, 5.74) is 0. The van der Waals surface area contributed by atoms with Crippen LogP contribution in [-0.4, -0.2) is 19.2 Å². The molecule has 5 heteroatoms. The molecule has 0 aromatic heterocycles. The molecule has 0 aliphatic carbocycles. The van der Waals surface area contributed by atoms with Crippen molar-refractivity contribution in [3.63, 3.8) is 0 Å². The minimum atomic E-state index is -0.326. The normalized spacial score (nSPS) is 10.6. The highest BCUT2D eigenvalue weighted by atomic mass is 79.9. The molecule has 0 aliphatic rings. The average molecular weight is 389 g/mol. The van der Waals surface area contributed by atoms with E-state index in [1.807, 2.05) is 0 Å². The van der Waals surface area contributed by atoms with Crippen molar-refractivity contribution in [1.82, 2.24) is 0 Å². The number of halogens is 2. The van der Waals surface area contributed by atoms with E-state index in [2.05, 4.69) is 15.9 Å². The molecular weight excluding hydrogens is 363 g/mol. The van der Waals surface area contributed by atoms with Crippen LogP contribution in [0.2, 0.25) is 0 Å². The van der Waals surface area contributed by atoms with Crippen LogP contribution in [0.25, 0.3) is 0 Å². The van der Waals surface area contributed by atoms with Gasteiger partial charge in [0.25, 0.3) is 0 Å². The Kier molecular flexibility index (Phi) is 10.7. The fraction of sp³-hybridized carbons (Fsp3) is 0.611. The van der Waals surface area contributed by atoms with Crippen LogP contribution in [0.4, 0.5) is 4.39 Å². The Morgan fingerprint density at radius 2 is 1.57 bits per heavy atom. The van der Waals surface area contributed by atoms with Gasteiger partial charge >= 0.3 is 5.97 Å².